The van der Waals surface area contributed by atoms with E-state index in [0.717, 1.165) is 6.26 Å². The molecule has 0 aliphatic carbocycles. The number of rotatable bonds is 4. The Balaban J connectivity index is 2.88. The van der Waals surface area contributed by atoms with Crippen LogP contribution in [0.4, 0.5) is 0 Å². The third-order valence-electron chi connectivity index (χ3n) is 1.75. The molecule has 1 amide bonds. The maximum atomic E-state index is 11.6. The van der Waals surface area contributed by atoms with Crippen LogP contribution in [0.1, 0.15) is 24.2 Å². The predicted octanol–water partition coefficient (Wildman–Crippen LogP) is 1.16. The summed E-state index contributed by atoms with van der Waals surface area (Å²) in [4.78, 5) is 11.6. The Kier molecular flexibility index (Phi) is 4.11. The van der Waals surface area contributed by atoms with Gasteiger partial charge >= 0.3 is 0 Å². The fourth-order valence-electron chi connectivity index (χ4n) is 1.21. The van der Waals surface area contributed by atoms with Crippen LogP contribution in [0.25, 0.3) is 0 Å². The van der Waals surface area contributed by atoms with Gasteiger partial charge in [-0.3, -0.25) is 4.79 Å². The summed E-state index contributed by atoms with van der Waals surface area (Å²) in [5, 5.41) is 0. The van der Waals surface area contributed by atoms with E-state index in [4.69, 9.17) is 4.74 Å². The first kappa shape index (κ1) is 13.5. The van der Waals surface area contributed by atoms with Crippen molar-refractivity contribution in [1.82, 2.24) is 4.72 Å². The van der Waals surface area contributed by atoms with Gasteiger partial charge in [0.25, 0.3) is 5.91 Å². The lowest BCUT2D eigenvalue weighted by atomic mass is 10.2. The van der Waals surface area contributed by atoms with E-state index < -0.39 is 15.9 Å². The standard InChI is InChI=1S/C11H15NO4S/c1-8(2)16-10-6-4-5-9(7-10)11(13)12-17(3,14)15/h4-8H,1-3H3,(H,12,13). The molecule has 1 aromatic carbocycles. The SMILES string of the molecule is CC(C)Oc1cccc(C(=O)NS(C)(=O)=O)c1. The van der Waals surface area contributed by atoms with E-state index in [1.807, 2.05) is 18.6 Å². The average Bonchev–Trinajstić information content (AvgIpc) is 2.14. The number of carbonyl (C=O) groups is 1. The minimum absolute atomic E-state index is 0.0109. The molecule has 1 rings (SSSR count). The summed E-state index contributed by atoms with van der Waals surface area (Å²) in [7, 11) is -3.55. The minimum Gasteiger partial charge on any atom is -0.491 e. The molecule has 0 unspecified atom stereocenters. The van der Waals surface area contributed by atoms with E-state index in [2.05, 4.69) is 0 Å². The number of hydrogen-bond donors (Lipinski definition) is 1. The topological polar surface area (TPSA) is 72.5 Å². The Hall–Kier alpha value is -1.56. The molecule has 0 fully saturated rings. The molecule has 0 radical (unpaired) electrons. The summed E-state index contributed by atoms with van der Waals surface area (Å²) in [5.74, 6) is -0.136. The van der Waals surface area contributed by atoms with Crippen molar-refractivity contribution in [2.24, 2.45) is 0 Å². The number of benzene rings is 1. The molecule has 0 atom stereocenters. The first-order valence-corrected chi connectivity index (χ1v) is 6.96. The second-order valence-electron chi connectivity index (χ2n) is 3.90. The summed E-state index contributed by atoms with van der Waals surface area (Å²) in [6.07, 6.45) is 0.919. The lowest BCUT2D eigenvalue weighted by Crippen LogP contribution is -2.29. The molecule has 94 valence electrons. The summed E-state index contributed by atoms with van der Waals surface area (Å²) in [6.45, 7) is 3.73. The van der Waals surface area contributed by atoms with Crippen molar-refractivity contribution < 1.29 is 17.9 Å². The number of nitrogens with one attached hydrogen (secondary N) is 1. The van der Waals surface area contributed by atoms with Crippen molar-refractivity contribution in [2.75, 3.05) is 6.26 Å². The molecule has 0 saturated carbocycles. The summed E-state index contributed by atoms with van der Waals surface area (Å²) < 4.78 is 29.1. The Labute approximate surface area is 101 Å². The van der Waals surface area contributed by atoms with Gasteiger partial charge in [0.1, 0.15) is 5.75 Å². The molecule has 0 saturated heterocycles. The molecule has 1 N–H and O–H groups in total. The van der Waals surface area contributed by atoms with Gasteiger partial charge in [0.05, 0.1) is 12.4 Å². The van der Waals surface area contributed by atoms with Crippen LogP contribution < -0.4 is 9.46 Å². The van der Waals surface area contributed by atoms with Gasteiger partial charge in [0.15, 0.2) is 0 Å². The number of ether oxygens (including phenoxy) is 1. The number of hydrogen-bond acceptors (Lipinski definition) is 4. The van der Waals surface area contributed by atoms with Crippen LogP contribution in [0.3, 0.4) is 0 Å². The van der Waals surface area contributed by atoms with E-state index in [1.54, 1.807) is 12.1 Å². The van der Waals surface area contributed by atoms with E-state index in [0.29, 0.717) is 5.75 Å². The fourth-order valence-corrected chi connectivity index (χ4v) is 1.66. The van der Waals surface area contributed by atoms with Crippen LogP contribution in [-0.4, -0.2) is 26.7 Å². The van der Waals surface area contributed by atoms with Crippen LogP contribution in [0, 0.1) is 0 Å². The van der Waals surface area contributed by atoms with Gasteiger partial charge < -0.3 is 4.74 Å². The van der Waals surface area contributed by atoms with E-state index in [1.165, 1.54) is 12.1 Å². The van der Waals surface area contributed by atoms with Gasteiger partial charge in [0.2, 0.25) is 10.0 Å². The maximum absolute atomic E-state index is 11.6. The van der Waals surface area contributed by atoms with Crippen LogP contribution in [-0.2, 0) is 10.0 Å². The largest absolute Gasteiger partial charge is 0.491 e. The van der Waals surface area contributed by atoms with Crippen LogP contribution >= 0.6 is 0 Å². The zero-order valence-electron chi connectivity index (χ0n) is 9.93. The van der Waals surface area contributed by atoms with E-state index >= 15 is 0 Å². The van der Waals surface area contributed by atoms with Crippen LogP contribution in [0.2, 0.25) is 0 Å². The zero-order valence-corrected chi connectivity index (χ0v) is 10.7. The molecule has 0 bridgehead atoms. The van der Waals surface area contributed by atoms with Gasteiger partial charge in [-0.25, -0.2) is 13.1 Å². The van der Waals surface area contributed by atoms with Gasteiger partial charge in [-0.15, -0.1) is 0 Å². The molecule has 0 aromatic heterocycles. The Morgan fingerprint density at radius 3 is 2.53 bits per heavy atom. The van der Waals surface area contributed by atoms with Crippen molar-refractivity contribution in [1.29, 1.82) is 0 Å². The maximum Gasteiger partial charge on any atom is 0.264 e. The fraction of sp³-hybridized carbons (Fsp3) is 0.364. The molecule has 0 aliphatic rings. The molecule has 0 aliphatic heterocycles. The molecule has 6 heteroatoms. The summed E-state index contributed by atoms with van der Waals surface area (Å²) in [5.41, 5.74) is 0.244. The molecule has 5 nitrogen and oxygen atoms in total. The molecular formula is C11H15NO4S. The normalized spacial score (nSPS) is 11.3. The Morgan fingerprint density at radius 1 is 1.35 bits per heavy atom. The first-order chi connectivity index (χ1) is 7.78. The van der Waals surface area contributed by atoms with Gasteiger partial charge in [0, 0.05) is 5.56 Å². The van der Waals surface area contributed by atoms with E-state index in [-0.39, 0.29) is 11.7 Å². The minimum atomic E-state index is -3.55. The monoisotopic (exact) mass is 257 g/mol. The highest BCUT2D eigenvalue weighted by Crippen LogP contribution is 2.14. The summed E-state index contributed by atoms with van der Waals surface area (Å²) >= 11 is 0. The lowest BCUT2D eigenvalue weighted by Gasteiger charge is -2.10. The van der Waals surface area contributed by atoms with Crippen molar-refractivity contribution in [3.8, 4) is 5.75 Å². The highest BCUT2D eigenvalue weighted by atomic mass is 32.2. The highest BCUT2D eigenvalue weighted by Gasteiger charge is 2.11. The number of amides is 1. The molecule has 17 heavy (non-hydrogen) atoms. The average molecular weight is 257 g/mol. The molecular weight excluding hydrogens is 242 g/mol. The Bertz CT molecular complexity index is 508. The van der Waals surface area contributed by atoms with Crippen molar-refractivity contribution in [2.45, 2.75) is 20.0 Å². The quantitative estimate of drug-likeness (QED) is 0.878. The number of carbonyl (C=O) groups excluding carboxylic acids is 1. The van der Waals surface area contributed by atoms with Crippen LogP contribution in [0.5, 0.6) is 5.75 Å². The van der Waals surface area contributed by atoms with Crippen molar-refractivity contribution >= 4 is 15.9 Å². The third-order valence-corrected chi connectivity index (χ3v) is 2.30. The summed E-state index contributed by atoms with van der Waals surface area (Å²) in [6, 6.07) is 6.36. The lowest BCUT2D eigenvalue weighted by molar-refractivity contribution is 0.0981. The Morgan fingerprint density at radius 2 is 2.00 bits per heavy atom. The van der Waals surface area contributed by atoms with Crippen molar-refractivity contribution in [3.63, 3.8) is 0 Å². The second-order valence-corrected chi connectivity index (χ2v) is 5.65. The molecule has 1 aromatic rings. The number of sulfonamides is 1. The highest BCUT2D eigenvalue weighted by molar-refractivity contribution is 7.89. The van der Waals surface area contributed by atoms with Crippen LogP contribution in [0.15, 0.2) is 24.3 Å². The third kappa shape index (κ3) is 4.86. The molecule has 0 heterocycles. The van der Waals surface area contributed by atoms with Gasteiger partial charge in [-0.05, 0) is 32.0 Å². The molecule has 0 spiro atoms. The smallest absolute Gasteiger partial charge is 0.264 e. The van der Waals surface area contributed by atoms with Gasteiger partial charge in [-0.2, -0.15) is 0 Å². The van der Waals surface area contributed by atoms with E-state index in [9.17, 15) is 13.2 Å². The second kappa shape index (κ2) is 5.18. The zero-order chi connectivity index (χ0) is 13.1. The predicted molar refractivity (Wildman–Crippen MR) is 64.5 cm³/mol. The van der Waals surface area contributed by atoms with Crippen molar-refractivity contribution in [3.05, 3.63) is 29.8 Å². The first-order valence-electron chi connectivity index (χ1n) is 5.07. The van der Waals surface area contributed by atoms with Gasteiger partial charge in [-0.1, -0.05) is 6.07 Å².